The summed E-state index contributed by atoms with van der Waals surface area (Å²) in [7, 11) is 0. The maximum absolute atomic E-state index is 13.8. The maximum atomic E-state index is 13.8. The minimum absolute atomic E-state index is 0.126. The first kappa shape index (κ1) is 12.6. The van der Waals surface area contributed by atoms with Crippen LogP contribution in [0.5, 0.6) is 0 Å². The molecule has 1 aromatic carbocycles. The summed E-state index contributed by atoms with van der Waals surface area (Å²) in [5, 5.41) is 10.4. The number of hydrogen-bond acceptors (Lipinski definition) is 2. The van der Waals surface area contributed by atoms with Crippen LogP contribution in [0.4, 0.5) is 8.78 Å². The molecule has 94 valence electrons. The fraction of sp³-hybridized carbons (Fsp3) is 0.214. The molecule has 0 aliphatic carbocycles. The normalized spacial score (nSPS) is 14.3. The average Bonchev–Trinajstić information content (AvgIpc) is 2.32. The van der Waals surface area contributed by atoms with Gasteiger partial charge in [0.05, 0.1) is 11.9 Å². The van der Waals surface area contributed by atoms with Crippen LogP contribution in [0, 0.1) is 18.6 Å². The van der Waals surface area contributed by atoms with E-state index in [1.54, 1.807) is 19.1 Å². The molecule has 1 N–H and O–H groups in total. The topological polar surface area (TPSA) is 33.1 Å². The van der Waals surface area contributed by atoms with Crippen LogP contribution >= 0.6 is 0 Å². The number of aryl methyl sites for hydroxylation is 1. The lowest BCUT2D eigenvalue weighted by Gasteiger charge is -2.24. The number of halogens is 2. The lowest BCUT2D eigenvalue weighted by Crippen LogP contribution is -2.25. The number of rotatable bonds is 2. The maximum Gasteiger partial charge on any atom is 0.141 e. The Morgan fingerprint density at radius 3 is 2.50 bits per heavy atom. The third-order valence-corrected chi connectivity index (χ3v) is 2.87. The molecule has 1 heterocycles. The van der Waals surface area contributed by atoms with Gasteiger partial charge in [-0.1, -0.05) is 11.6 Å². The van der Waals surface area contributed by atoms with Crippen molar-refractivity contribution in [3.05, 3.63) is 65.0 Å². The van der Waals surface area contributed by atoms with Gasteiger partial charge >= 0.3 is 0 Å². The summed E-state index contributed by atoms with van der Waals surface area (Å²) in [4.78, 5) is 3.81. The van der Waals surface area contributed by atoms with Crippen molar-refractivity contribution in [3.8, 4) is 0 Å². The molecule has 2 aromatic rings. The lowest BCUT2D eigenvalue weighted by atomic mass is 9.90. The van der Waals surface area contributed by atoms with Gasteiger partial charge in [-0.3, -0.25) is 4.98 Å². The molecule has 0 spiro atoms. The largest absolute Gasteiger partial charge is 0.379 e. The summed E-state index contributed by atoms with van der Waals surface area (Å²) in [6, 6.07) is 7.00. The third kappa shape index (κ3) is 2.24. The Hall–Kier alpha value is -1.81. The second kappa shape index (κ2) is 4.46. The number of aromatic nitrogens is 1. The molecule has 1 unspecified atom stereocenters. The van der Waals surface area contributed by atoms with Gasteiger partial charge in [0.25, 0.3) is 0 Å². The van der Waals surface area contributed by atoms with E-state index >= 15 is 0 Å². The van der Waals surface area contributed by atoms with Gasteiger partial charge in [-0.2, -0.15) is 0 Å². The predicted molar refractivity (Wildman–Crippen MR) is 64.0 cm³/mol. The Kier molecular flexibility index (Phi) is 3.13. The summed E-state index contributed by atoms with van der Waals surface area (Å²) in [6.07, 6.45) is 0.998. The quantitative estimate of drug-likeness (QED) is 0.887. The second-order valence-electron chi connectivity index (χ2n) is 4.42. The highest BCUT2D eigenvalue weighted by molar-refractivity contribution is 5.35. The summed E-state index contributed by atoms with van der Waals surface area (Å²) in [5.74, 6) is -1.02. The van der Waals surface area contributed by atoms with Crippen molar-refractivity contribution < 1.29 is 13.9 Å². The van der Waals surface area contributed by atoms with Gasteiger partial charge in [-0.15, -0.1) is 0 Å². The van der Waals surface area contributed by atoms with Crippen molar-refractivity contribution in [2.75, 3.05) is 0 Å². The number of hydrogen-bond donors (Lipinski definition) is 1. The molecule has 0 amide bonds. The van der Waals surface area contributed by atoms with Crippen molar-refractivity contribution in [2.24, 2.45) is 0 Å². The van der Waals surface area contributed by atoms with E-state index in [2.05, 4.69) is 4.98 Å². The Morgan fingerprint density at radius 2 is 1.89 bits per heavy atom. The number of pyridine rings is 1. The minimum Gasteiger partial charge on any atom is -0.379 e. The number of benzene rings is 1. The molecule has 2 nitrogen and oxygen atoms in total. The summed E-state index contributed by atoms with van der Waals surface area (Å²) < 4.78 is 26.6. The van der Waals surface area contributed by atoms with Gasteiger partial charge < -0.3 is 5.11 Å². The Morgan fingerprint density at radius 1 is 1.17 bits per heavy atom. The molecule has 18 heavy (non-hydrogen) atoms. The van der Waals surface area contributed by atoms with Gasteiger partial charge in [-0.25, -0.2) is 8.78 Å². The zero-order valence-corrected chi connectivity index (χ0v) is 10.1. The van der Waals surface area contributed by atoms with Crippen molar-refractivity contribution in [3.63, 3.8) is 0 Å². The molecule has 4 heteroatoms. The van der Waals surface area contributed by atoms with Gasteiger partial charge in [0.1, 0.15) is 17.2 Å². The van der Waals surface area contributed by atoms with Crippen LogP contribution in [-0.2, 0) is 5.60 Å². The summed E-state index contributed by atoms with van der Waals surface area (Å²) in [5.41, 5.74) is -0.437. The van der Waals surface area contributed by atoms with Crippen molar-refractivity contribution >= 4 is 0 Å². The Balaban J connectivity index is 2.53. The summed E-state index contributed by atoms with van der Waals surface area (Å²) >= 11 is 0. The van der Waals surface area contributed by atoms with E-state index in [-0.39, 0.29) is 11.3 Å². The molecular weight excluding hydrogens is 236 g/mol. The van der Waals surface area contributed by atoms with E-state index in [4.69, 9.17) is 0 Å². The zero-order chi connectivity index (χ0) is 13.3. The van der Waals surface area contributed by atoms with Crippen LogP contribution in [0.3, 0.4) is 0 Å². The van der Waals surface area contributed by atoms with Gasteiger partial charge in [-0.05, 0) is 38.1 Å². The van der Waals surface area contributed by atoms with Crippen LogP contribution in [0.25, 0.3) is 0 Å². The first-order valence-corrected chi connectivity index (χ1v) is 5.52. The molecule has 2 rings (SSSR count). The first-order valence-electron chi connectivity index (χ1n) is 5.52. The highest BCUT2D eigenvalue weighted by Crippen LogP contribution is 2.30. The Bertz CT molecular complexity index is 565. The van der Waals surface area contributed by atoms with Gasteiger partial charge in [0, 0.05) is 5.56 Å². The standard InChI is InChI=1S/C14H13F2NO/c1-9-3-5-12(16)11(7-9)14(2,18)13-6-4-10(15)8-17-13/h3-8,18H,1-2H3. The van der Waals surface area contributed by atoms with E-state index in [0.29, 0.717) is 0 Å². The molecule has 1 atom stereocenters. The lowest BCUT2D eigenvalue weighted by molar-refractivity contribution is 0.0930. The van der Waals surface area contributed by atoms with Crippen LogP contribution in [0.2, 0.25) is 0 Å². The molecule has 0 saturated carbocycles. The molecule has 1 aromatic heterocycles. The van der Waals surface area contributed by atoms with E-state index < -0.39 is 17.2 Å². The highest BCUT2D eigenvalue weighted by atomic mass is 19.1. The van der Waals surface area contributed by atoms with Crippen LogP contribution in [0.1, 0.15) is 23.7 Å². The third-order valence-electron chi connectivity index (χ3n) is 2.87. The van der Waals surface area contributed by atoms with E-state index in [0.717, 1.165) is 11.8 Å². The molecule has 0 aliphatic rings. The van der Waals surface area contributed by atoms with Gasteiger partial charge in [0.15, 0.2) is 0 Å². The molecule has 0 radical (unpaired) electrons. The van der Waals surface area contributed by atoms with Crippen molar-refractivity contribution in [1.29, 1.82) is 0 Å². The second-order valence-corrected chi connectivity index (χ2v) is 4.42. The van der Waals surface area contributed by atoms with E-state index in [1.165, 1.54) is 25.1 Å². The molecule has 0 aliphatic heterocycles. The number of nitrogens with zero attached hydrogens (tertiary/aromatic N) is 1. The molecular formula is C14H13F2NO. The fourth-order valence-electron chi connectivity index (χ4n) is 1.81. The fourth-order valence-corrected chi connectivity index (χ4v) is 1.81. The van der Waals surface area contributed by atoms with Crippen molar-refractivity contribution in [1.82, 2.24) is 4.98 Å². The van der Waals surface area contributed by atoms with Gasteiger partial charge in [0.2, 0.25) is 0 Å². The van der Waals surface area contributed by atoms with E-state index in [9.17, 15) is 13.9 Å². The van der Waals surface area contributed by atoms with E-state index in [1.807, 2.05) is 0 Å². The SMILES string of the molecule is Cc1ccc(F)c(C(C)(O)c2ccc(F)cn2)c1. The molecule has 0 bridgehead atoms. The predicted octanol–water partition coefficient (Wildman–Crippen LogP) is 2.92. The highest BCUT2D eigenvalue weighted by Gasteiger charge is 2.30. The van der Waals surface area contributed by atoms with Crippen molar-refractivity contribution in [2.45, 2.75) is 19.4 Å². The average molecular weight is 249 g/mol. The van der Waals surface area contributed by atoms with Crippen LogP contribution < -0.4 is 0 Å². The first-order chi connectivity index (χ1) is 8.41. The summed E-state index contributed by atoms with van der Waals surface area (Å²) in [6.45, 7) is 3.24. The minimum atomic E-state index is -1.59. The smallest absolute Gasteiger partial charge is 0.141 e. The molecule has 0 fully saturated rings. The number of aliphatic hydroxyl groups is 1. The van der Waals surface area contributed by atoms with Crippen LogP contribution in [-0.4, -0.2) is 10.1 Å². The van der Waals surface area contributed by atoms with Crippen LogP contribution in [0.15, 0.2) is 36.5 Å². The molecule has 0 saturated heterocycles. The zero-order valence-electron chi connectivity index (χ0n) is 10.1. The Labute approximate surface area is 104 Å². The monoisotopic (exact) mass is 249 g/mol.